The predicted octanol–water partition coefficient (Wildman–Crippen LogP) is 1.68. The first-order chi connectivity index (χ1) is 8.63. The van der Waals surface area contributed by atoms with Crippen molar-refractivity contribution in [1.82, 2.24) is 9.55 Å². The molecule has 1 aromatic heterocycles. The molecule has 0 aliphatic rings. The van der Waals surface area contributed by atoms with Crippen LogP contribution in [0.25, 0.3) is 0 Å². The number of hydrogen-bond donors (Lipinski definition) is 0. The molecule has 5 heteroatoms. The second-order valence-electron chi connectivity index (χ2n) is 4.22. The van der Waals surface area contributed by atoms with E-state index in [2.05, 4.69) is 4.98 Å². The molecule has 0 spiro atoms. The van der Waals surface area contributed by atoms with Crippen molar-refractivity contribution < 1.29 is 9.53 Å². The van der Waals surface area contributed by atoms with Crippen molar-refractivity contribution in [3.05, 3.63) is 28.4 Å². The Hall–Kier alpha value is -1.65. The number of carbonyl (C=O) groups excluding carboxylic acids is 1. The first-order valence-electron chi connectivity index (χ1n) is 6.32. The second-order valence-corrected chi connectivity index (χ2v) is 4.22. The van der Waals surface area contributed by atoms with Crippen LogP contribution in [0.2, 0.25) is 0 Å². The van der Waals surface area contributed by atoms with Crippen molar-refractivity contribution in [3.63, 3.8) is 0 Å². The molecule has 5 nitrogen and oxygen atoms in total. The van der Waals surface area contributed by atoms with Crippen molar-refractivity contribution in [1.29, 1.82) is 0 Å². The molecule has 0 atom stereocenters. The van der Waals surface area contributed by atoms with Gasteiger partial charge in [0.15, 0.2) is 0 Å². The van der Waals surface area contributed by atoms with Crippen LogP contribution in [0, 0.1) is 6.92 Å². The normalized spacial score (nSPS) is 10.3. The van der Waals surface area contributed by atoms with Crippen LogP contribution in [0.5, 0.6) is 0 Å². The van der Waals surface area contributed by atoms with E-state index >= 15 is 0 Å². The molecule has 0 amide bonds. The van der Waals surface area contributed by atoms with Gasteiger partial charge in [-0.15, -0.1) is 0 Å². The molecule has 1 heterocycles. The topological polar surface area (TPSA) is 61.2 Å². The summed E-state index contributed by atoms with van der Waals surface area (Å²) in [6.45, 7) is 4.79. The molecule has 18 heavy (non-hydrogen) atoms. The molecule has 1 rings (SSSR count). The van der Waals surface area contributed by atoms with Gasteiger partial charge in [0.05, 0.1) is 6.61 Å². The quantitative estimate of drug-likeness (QED) is 0.547. The number of nitrogens with zero attached hydrogens (tertiary/aromatic N) is 2. The molecule has 1 aromatic rings. The highest BCUT2D eigenvalue weighted by Crippen LogP contribution is 2.03. The maximum atomic E-state index is 11.4. The monoisotopic (exact) mass is 252 g/mol. The summed E-state index contributed by atoms with van der Waals surface area (Å²) >= 11 is 0. The molecule has 0 N–H and O–H groups in total. The summed E-state index contributed by atoms with van der Waals surface area (Å²) in [6.07, 6.45) is 6.39. The largest absolute Gasteiger partial charge is 0.466 e. The van der Waals surface area contributed by atoms with Gasteiger partial charge in [-0.1, -0.05) is 6.42 Å². The van der Waals surface area contributed by atoms with E-state index in [0.717, 1.165) is 24.8 Å². The summed E-state index contributed by atoms with van der Waals surface area (Å²) in [7, 11) is 0. The SMILES string of the molecule is CCOC(=O)CCCCCn1cc(C)cnc1=O. The molecule has 0 bridgehead atoms. The van der Waals surface area contributed by atoms with Crippen LogP contribution in [-0.2, 0) is 16.1 Å². The highest BCUT2D eigenvalue weighted by molar-refractivity contribution is 5.69. The Morgan fingerprint density at radius 2 is 2.17 bits per heavy atom. The number of aryl methyl sites for hydroxylation is 2. The van der Waals surface area contributed by atoms with Crippen molar-refractivity contribution in [3.8, 4) is 0 Å². The maximum absolute atomic E-state index is 11.4. The van der Waals surface area contributed by atoms with Crippen LogP contribution < -0.4 is 5.69 Å². The Bertz CT molecular complexity index is 440. The Labute approximate surface area is 107 Å². The summed E-state index contributed by atoms with van der Waals surface area (Å²) in [5.74, 6) is -0.146. The zero-order valence-corrected chi connectivity index (χ0v) is 11.0. The molecular formula is C13H20N2O3. The number of carbonyl (C=O) groups is 1. The average Bonchev–Trinajstić information content (AvgIpc) is 2.33. The molecule has 0 aliphatic carbocycles. The number of hydrogen-bond acceptors (Lipinski definition) is 4. The van der Waals surface area contributed by atoms with E-state index in [1.807, 2.05) is 6.92 Å². The van der Waals surface area contributed by atoms with Crippen LogP contribution in [0.15, 0.2) is 17.2 Å². The van der Waals surface area contributed by atoms with E-state index in [0.29, 0.717) is 19.6 Å². The van der Waals surface area contributed by atoms with Crippen molar-refractivity contribution in [2.24, 2.45) is 0 Å². The first kappa shape index (κ1) is 14.4. The van der Waals surface area contributed by atoms with Gasteiger partial charge in [-0.3, -0.25) is 9.36 Å². The van der Waals surface area contributed by atoms with Crippen molar-refractivity contribution in [2.45, 2.75) is 46.1 Å². The lowest BCUT2D eigenvalue weighted by Gasteiger charge is -2.05. The van der Waals surface area contributed by atoms with Crippen molar-refractivity contribution in [2.75, 3.05) is 6.61 Å². The minimum absolute atomic E-state index is 0.146. The van der Waals surface area contributed by atoms with Gasteiger partial charge in [0, 0.05) is 25.4 Å². The lowest BCUT2D eigenvalue weighted by molar-refractivity contribution is -0.143. The number of unbranched alkanes of at least 4 members (excludes halogenated alkanes) is 2. The van der Waals surface area contributed by atoms with Crippen molar-refractivity contribution >= 4 is 5.97 Å². The fourth-order valence-corrected chi connectivity index (χ4v) is 1.69. The number of rotatable bonds is 7. The van der Waals surface area contributed by atoms with Crippen LogP contribution in [0.4, 0.5) is 0 Å². The molecule has 100 valence electrons. The zero-order valence-electron chi connectivity index (χ0n) is 11.0. The number of aromatic nitrogens is 2. The highest BCUT2D eigenvalue weighted by atomic mass is 16.5. The molecule has 0 aliphatic heterocycles. The summed E-state index contributed by atoms with van der Waals surface area (Å²) in [5, 5.41) is 0. The standard InChI is InChI=1S/C13H20N2O3/c1-3-18-12(16)7-5-4-6-8-15-10-11(2)9-14-13(15)17/h9-10H,3-8H2,1-2H3. The number of ether oxygens (including phenoxy) is 1. The van der Waals surface area contributed by atoms with Gasteiger partial charge >= 0.3 is 11.7 Å². The van der Waals surface area contributed by atoms with E-state index in [-0.39, 0.29) is 11.7 Å². The Kier molecular flexibility index (Phi) is 6.11. The predicted molar refractivity (Wildman–Crippen MR) is 68.3 cm³/mol. The van der Waals surface area contributed by atoms with Crippen LogP contribution in [-0.4, -0.2) is 22.1 Å². The number of esters is 1. The van der Waals surface area contributed by atoms with E-state index in [1.54, 1.807) is 23.9 Å². The van der Waals surface area contributed by atoms with Crippen LogP contribution in [0.1, 0.15) is 38.2 Å². The van der Waals surface area contributed by atoms with Crippen LogP contribution >= 0.6 is 0 Å². The van der Waals surface area contributed by atoms with E-state index in [4.69, 9.17) is 4.74 Å². The van der Waals surface area contributed by atoms with Gasteiger partial charge in [0.1, 0.15) is 0 Å². The lowest BCUT2D eigenvalue weighted by atomic mass is 10.2. The fourth-order valence-electron chi connectivity index (χ4n) is 1.69. The zero-order chi connectivity index (χ0) is 13.4. The third-order valence-corrected chi connectivity index (χ3v) is 2.57. The van der Waals surface area contributed by atoms with Gasteiger partial charge in [-0.25, -0.2) is 9.78 Å². The van der Waals surface area contributed by atoms with Gasteiger partial charge in [0.2, 0.25) is 0 Å². The fraction of sp³-hybridized carbons (Fsp3) is 0.615. The summed E-state index contributed by atoms with van der Waals surface area (Å²) in [6, 6.07) is 0. The minimum Gasteiger partial charge on any atom is -0.466 e. The molecular weight excluding hydrogens is 232 g/mol. The van der Waals surface area contributed by atoms with Gasteiger partial charge in [0.25, 0.3) is 0 Å². The van der Waals surface area contributed by atoms with Gasteiger partial charge in [-0.05, 0) is 32.3 Å². The van der Waals surface area contributed by atoms with E-state index in [9.17, 15) is 9.59 Å². The lowest BCUT2D eigenvalue weighted by Crippen LogP contribution is -2.22. The smallest absolute Gasteiger partial charge is 0.347 e. The third kappa shape index (κ3) is 5.12. The average molecular weight is 252 g/mol. The molecule has 0 fully saturated rings. The summed E-state index contributed by atoms with van der Waals surface area (Å²) < 4.78 is 6.45. The summed E-state index contributed by atoms with van der Waals surface area (Å²) in [5.41, 5.74) is 0.757. The maximum Gasteiger partial charge on any atom is 0.347 e. The molecule has 0 aromatic carbocycles. The Morgan fingerprint density at radius 1 is 1.39 bits per heavy atom. The van der Waals surface area contributed by atoms with E-state index < -0.39 is 0 Å². The van der Waals surface area contributed by atoms with Crippen LogP contribution in [0.3, 0.4) is 0 Å². The summed E-state index contributed by atoms with van der Waals surface area (Å²) in [4.78, 5) is 26.3. The second kappa shape index (κ2) is 7.63. The van der Waals surface area contributed by atoms with Gasteiger partial charge in [-0.2, -0.15) is 0 Å². The molecule has 0 saturated heterocycles. The van der Waals surface area contributed by atoms with Gasteiger partial charge < -0.3 is 4.74 Å². The molecule has 0 saturated carbocycles. The Balaban J connectivity index is 2.24. The minimum atomic E-state index is -0.217. The van der Waals surface area contributed by atoms with E-state index in [1.165, 1.54) is 0 Å². The Morgan fingerprint density at radius 3 is 2.89 bits per heavy atom. The molecule has 0 radical (unpaired) electrons. The highest BCUT2D eigenvalue weighted by Gasteiger charge is 2.01. The molecule has 0 unspecified atom stereocenters. The first-order valence-corrected chi connectivity index (χ1v) is 6.32. The third-order valence-electron chi connectivity index (χ3n) is 2.57.